The van der Waals surface area contributed by atoms with Crippen molar-refractivity contribution in [1.29, 1.82) is 0 Å². The summed E-state index contributed by atoms with van der Waals surface area (Å²) in [5.41, 5.74) is 0.752. The van der Waals surface area contributed by atoms with Crippen LogP contribution in [0.15, 0.2) is 18.2 Å². The summed E-state index contributed by atoms with van der Waals surface area (Å²) in [6.07, 6.45) is 0. The van der Waals surface area contributed by atoms with E-state index < -0.39 is 16.8 Å². The molecule has 1 rings (SSSR count). The van der Waals surface area contributed by atoms with Gasteiger partial charge in [-0.25, -0.2) is 0 Å². The summed E-state index contributed by atoms with van der Waals surface area (Å²) in [4.78, 5) is 10.4. The Morgan fingerprint density at radius 3 is 2.47 bits per heavy atom. The monoisotopic (exact) mass is 258 g/mol. The molecule has 0 heterocycles. The number of carbonyl (C=O) groups is 1. The van der Waals surface area contributed by atoms with Crippen LogP contribution in [0.4, 0.5) is 0 Å². The molecule has 94 valence electrons. The van der Waals surface area contributed by atoms with E-state index in [2.05, 4.69) is 0 Å². The van der Waals surface area contributed by atoms with E-state index in [1.165, 1.54) is 14.2 Å². The van der Waals surface area contributed by atoms with Gasteiger partial charge in [-0.3, -0.25) is 9.00 Å². The van der Waals surface area contributed by atoms with Crippen molar-refractivity contribution in [3.8, 4) is 11.5 Å². The Balaban J connectivity index is 2.79. The lowest BCUT2D eigenvalue weighted by Crippen LogP contribution is -2.10. The smallest absolute Gasteiger partial charge is 0.316 e. The van der Waals surface area contributed by atoms with Crippen LogP contribution in [0, 0.1) is 0 Å². The third kappa shape index (κ3) is 4.07. The van der Waals surface area contributed by atoms with Crippen LogP contribution in [0.3, 0.4) is 0 Å². The molecule has 17 heavy (non-hydrogen) atoms. The first-order valence-electron chi connectivity index (χ1n) is 4.84. The van der Waals surface area contributed by atoms with Crippen molar-refractivity contribution in [2.45, 2.75) is 5.75 Å². The van der Waals surface area contributed by atoms with Crippen LogP contribution < -0.4 is 9.47 Å². The van der Waals surface area contributed by atoms with Gasteiger partial charge in [0.2, 0.25) is 0 Å². The molecule has 0 saturated carbocycles. The highest BCUT2D eigenvalue weighted by Crippen LogP contribution is 2.27. The maximum Gasteiger partial charge on any atom is 0.316 e. The predicted octanol–water partition coefficient (Wildman–Crippen LogP) is 1.04. The molecule has 5 nitrogen and oxygen atoms in total. The zero-order chi connectivity index (χ0) is 12.8. The highest BCUT2D eigenvalue weighted by Gasteiger charge is 2.09. The molecule has 0 aromatic heterocycles. The first kappa shape index (κ1) is 13.5. The van der Waals surface area contributed by atoms with Crippen molar-refractivity contribution >= 4 is 16.8 Å². The van der Waals surface area contributed by atoms with Crippen LogP contribution in [-0.2, 0) is 21.3 Å². The zero-order valence-corrected chi connectivity index (χ0v) is 10.5. The van der Waals surface area contributed by atoms with Gasteiger partial charge in [-0.05, 0) is 17.7 Å². The Morgan fingerprint density at radius 1 is 1.29 bits per heavy atom. The molecule has 1 aromatic carbocycles. The van der Waals surface area contributed by atoms with Gasteiger partial charge >= 0.3 is 5.97 Å². The number of methoxy groups -OCH3 is 2. The van der Waals surface area contributed by atoms with Crippen LogP contribution >= 0.6 is 0 Å². The molecule has 0 aliphatic carbocycles. The van der Waals surface area contributed by atoms with Gasteiger partial charge < -0.3 is 14.6 Å². The second-order valence-electron chi connectivity index (χ2n) is 3.31. The first-order chi connectivity index (χ1) is 8.06. The summed E-state index contributed by atoms with van der Waals surface area (Å²) in [6.45, 7) is 0. The minimum Gasteiger partial charge on any atom is -0.493 e. The fourth-order valence-corrected chi connectivity index (χ4v) is 2.27. The summed E-state index contributed by atoms with van der Waals surface area (Å²) in [7, 11) is 1.62. The number of rotatable bonds is 6. The SMILES string of the molecule is COc1ccc(CS(=O)CC(=O)O)cc1OC. The van der Waals surface area contributed by atoms with Crippen LogP contribution in [0.1, 0.15) is 5.56 Å². The normalized spacial score (nSPS) is 11.9. The number of hydrogen-bond donors (Lipinski definition) is 1. The molecule has 0 aliphatic heterocycles. The van der Waals surface area contributed by atoms with Crippen molar-refractivity contribution in [3.05, 3.63) is 23.8 Å². The number of benzene rings is 1. The van der Waals surface area contributed by atoms with Crippen molar-refractivity contribution in [1.82, 2.24) is 0 Å². The topological polar surface area (TPSA) is 72.8 Å². The van der Waals surface area contributed by atoms with Crippen LogP contribution in [0.25, 0.3) is 0 Å². The average molecular weight is 258 g/mol. The molecule has 0 amide bonds. The number of carboxylic acid groups (broad SMARTS) is 1. The lowest BCUT2D eigenvalue weighted by atomic mass is 10.2. The third-order valence-electron chi connectivity index (χ3n) is 2.06. The average Bonchev–Trinajstić information content (AvgIpc) is 2.27. The van der Waals surface area contributed by atoms with Gasteiger partial charge in [0.25, 0.3) is 0 Å². The van der Waals surface area contributed by atoms with Gasteiger partial charge in [-0.2, -0.15) is 0 Å². The van der Waals surface area contributed by atoms with Crippen molar-refractivity contribution in [2.75, 3.05) is 20.0 Å². The third-order valence-corrected chi connectivity index (χ3v) is 3.28. The number of carboxylic acids is 1. The first-order valence-corrected chi connectivity index (χ1v) is 6.33. The lowest BCUT2D eigenvalue weighted by molar-refractivity contribution is -0.133. The fourth-order valence-electron chi connectivity index (χ4n) is 1.35. The van der Waals surface area contributed by atoms with Crippen molar-refractivity contribution in [2.24, 2.45) is 0 Å². The maximum absolute atomic E-state index is 11.4. The molecule has 6 heteroatoms. The van der Waals surface area contributed by atoms with E-state index in [0.717, 1.165) is 5.56 Å². The summed E-state index contributed by atoms with van der Waals surface area (Å²) in [5, 5.41) is 8.51. The molecule has 1 atom stereocenters. The molecule has 0 fully saturated rings. The Labute approximate surface area is 102 Å². The highest BCUT2D eigenvalue weighted by molar-refractivity contribution is 7.84. The number of ether oxygens (including phenoxy) is 2. The van der Waals surface area contributed by atoms with Gasteiger partial charge in [-0.15, -0.1) is 0 Å². The summed E-state index contributed by atoms with van der Waals surface area (Å²) >= 11 is 0. The summed E-state index contributed by atoms with van der Waals surface area (Å²) in [6, 6.07) is 5.13. The van der Waals surface area contributed by atoms with E-state index in [4.69, 9.17) is 14.6 Å². The van der Waals surface area contributed by atoms with Gasteiger partial charge in [0.1, 0.15) is 5.75 Å². The van der Waals surface area contributed by atoms with Gasteiger partial charge in [0, 0.05) is 16.6 Å². The van der Waals surface area contributed by atoms with Gasteiger partial charge in [0.15, 0.2) is 11.5 Å². The molecule has 0 bridgehead atoms. The second-order valence-corrected chi connectivity index (χ2v) is 4.77. The van der Waals surface area contributed by atoms with Crippen LogP contribution in [-0.4, -0.2) is 35.3 Å². The Kier molecular flexibility index (Phi) is 4.96. The molecule has 1 aromatic rings. The summed E-state index contributed by atoms with van der Waals surface area (Å²) < 4.78 is 21.6. The zero-order valence-electron chi connectivity index (χ0n) is 9.63. The van der Waals surface area contributed by atoms with Gasteiger partial charge in [0.05, 0.1) is 14.2 Å². The van der Waals surface area contributed by atoms with E-state index in [1.54, 1.807) is 18.2 Å². The molecule has 0 aliphatic rings. The van der Waals surface area contributed by atoms with Gasteiger partial charge in [-0.1, -0.05) is 6.07 Å². The van der Waals surface area contributed by atoms with E-state index >= 15 is 0 Å². The Hall–Kier alpha value is -1.56. The molecule has 0 saturated heterocycles. The molecule has 0 radical (unpaired) electrons. The minimum atomic E-state index is -1.42. The largest absolute Gasteiger partial charge is 0.493 e. The maximum atomic E-state index is 11.4. The molecule has 1 unspecified atom stereocenters. The Morgan fingerprint density at radius 2 is 1.94 bits per heavy atom. The molecular weight excluding hydrogens is 244 g/mol. The van der Waals surface area contributed by atoms with Crippen LogP contribution in [0.2, 0.25) is 0 Å². The van der Waals surface area contributed by atoms with E-state index in [9.17, 15) is 9.00 Å². The van der Waals surface area contributed by atoms with E-state index in [0.29, 0.717) is 11.5 Å². The number of hydrogen-bond acceptors (Lipinski definition) is 4. The van der Waals surface area contributed by atoms with E-state index in [-0.39, 0.29) is 11.5 Å². The summed E-state index contributed by atoms with van der Waals surface area (Å²) in [5.74, 6) is -0.109. The van der Waals surface area contributed by atoms with Crippen molar-refractivity contribution in [3.63, 3.8) is 0 Å². The minimum absolute atomic E-state index is 0.187. The Bertz CT molecular complexity index is 430. The molecular formula is C11H14O5S. The quantitative estimate of drug-likeness (QED) is 0.825. The predicted molar refractivity (Wildman–Crippen MR) is 63.9 cm³/mol. The fraction of sp³-hybridized carbons (Fsp3) is 0.364. The van der Waals surface area contributed by atoms with Crippen LogP contribution in [0.5, 0.6) is 11.5 Å². The highest BCUT2D eigenvalue weighted by atomic mass is 32.2. The van der Waals surface area contributed by atoms with E-state index in [1.807, 2.05) is 0 Å². The second kappa shape index (κ2) is 6.24. The standard InChI is InChI=1S/C11H14O5S/c1-15-9-4-3-8(5-10(9)16-2)6-17(14)7-11(12)13/h3-5H,6-7H2,1-2H3,(H,12,13). The molecule has 0 spiro atoms. The van der Waals surface area contributed by atoms with Crippen molar-refractivity contribution < 1.29 is 23.6 Å². The lowest BCUT2D eigenvalue weighted by Gasteiger charge is -2.09. The number of aliphatic carboxylic acids is 1. The molecule has 1 N–H and O–H groups in total.